The van der Waals surface area contributed by atoms with Crippen molar-refractivity contribution in [3.63, 3.8) is 0 Å². The van der Waals surface area contributed by atoms with Crippen molar-refractivity contribution in [3.05, 3.63) is 63.6 Å². The molecule has 21 heavy (non-hydrogen) atoms. The molecule has 0 spiro atoms. The van der Waals surface area contributed by atoms with E-state index < -0.39 is 0 Å². The molecule has 0 saturated carbocycles. The fourth-order valence-corrected chi connectivity index (χ4v) is 2.50. The molecular weight excluding hydrogens is 307 g/mol. The van der Waals surface area contributed by atoms with Crippen LogP contribution in [0.15, 0.2) is 42.5 Å². The zero-order valence-corrected chi connectivity index (χ0v) is 13.2. The largest absolute Gasteiger partial charge is 0.399 e. The average Bonchev–Trinajstić information content (AvgIpc) is 2.46. The highest BCUT2D eigenvalue weighted by Crippen LogP contribution is 2.23. The SMILES string of the molecule is CCN(Cc1ccccc1Cl)C(=O)c1ccc(N)cc1Cl. The molecule has 0 aliphatic rings. The van der Waals surface area contributed by atoms with Gasteiger partial charge in [0.1, 0.15) is 0 Å². The highest BCUT2D eigenvalue weighted by Gasteiger charge is 2.18. The molecule has 110 valence electrons. The summed E-state index contributed by atoms with van der Waals surface area (Å²) in [5.74, 6) is -0.137. The van der Waals surface area contributed by atoms with Crippen LogP contribution in [0.2, 0.25) is 10.0 Å². The second kappa shape index (κ2) is 6.83. The number of nitrogens with zero attached hydrogens (tertiary/aromatic N) is 1. The van der Waals surface area contributed by atoms with Gasteiger partial charge in [0.15, 0.2) is 0 Å². The number of anilines is 1. The number of halogens is 2. The zero-order chi connectivity index (χ0) is 15.4. The van der Waals surface area contributed by atoms with Gasteiger partial charge in [-0.2, -0.15) is 0 Å². The van der Waals surface area contributed by atoms with Crippen molar-refractivity contribution >= 4 is 34.8 Å². The molecule has 0 saturated heterocycles. The van der Waals surface area contributed by atoms with Crippen LogP contribution in [-0.4, -0.2) is 17.4 Å². The molecule has 0 atom stereocenters. The fourth-order valence-electron chi connectivity index (χ4n) is 2.03. The van der Waals surface area contributed by atoms with Crippen LogP contribution in [0.4, 0.5) is 5.69 Å². The molecule has 0 bridgehead atoms. The van der Waals surface area contributed by atoms with E-state index in [1.54, 1.807) is 23.1 Å². The molecule has 0 heterocycles. The molecule has 2 N–H and O–H groups in total. The topological polar surface area (TPSA) is 46.3 Å². The molecule has 1 amide bonds. The normalized spacial score (nSPS) is 10.4. The molecular formula is C16H16Cl2N2O. The molecule has 0 aromatic heterocycles. The molecule has 0 aliphatic carbocycles. The van der Waals surface area contributed by atoms with Gasteiger partial charge >= 0.3 is 0 Å². The molecule has 5 heteroatoms. The minimum absolute atomic E-state index is 0.137. The Morgan fingerprint density at radius 2 is 1.86 bits per heavy atom. The number of rotatable bonds is 4. The van der Waals surface area contributed by atoms with E-state index in [1.165, 1.54) is 0 Å². The molecule has 0 radical (unpaired) electrons. The Labute approximate surface area is 134 Å². The number of hydrogen-bond acceptors (Lipinski definition) is 2. The molecule has 3 nitrogen and oxygen atoms in total. The number of nitrogen functional groups attached to an aromatic ring is 1. The van der Waals surface area contributed by atoms with E-state index in [-0.39, 0.29) is 5.91 Å². The van der Waals surface area contributed by atoms with Crippen LogP contribution in [0.25, 0.3) is 0 Å². The number of hydrogen-bond donors (Lipinski definition) is 1. The van der Waals surface area contributed by atoms with E-state index in [4.69, 9.17) is 28.9 Å². The number of carbonyl (C=O) groups excluding carboxylic acids is 1. The first-order chi connectivity index (χ1) is 10.0. The third kappa shape index (κ3) is 3.69. The summed E-state index contributed by atoms with van der Waals surface area (Å²) in [5, 5.41) is 1.00. The van der Waals surface area contributed by atoms with Crippen LogP contribution in [0.3, 0.4) is 0 Å². The number of amides is 1. The van der Waals surface area contributed by atoms with Crippen LogP contribution in [0, 0.1) is 0 Å². The van der Waals surface area contributed by atoms with E-state index in [2.05, 4.69) is 0 Å². The van der Waals surface area contributed by atoms with Crippen LogP contribution in [-0.2, 0) is 6.54 Å². The number of benzene rings is 2. The van der Waals surface area contributed by atoms with Gasteiger partial charge in [0.05, 0.1) is 10.6 Å². The first kappa shape index (κ1) is 15.7. The van der Waals surface area contributed by atoms with Gasteiger partial charge in [-0.15, -0.1) is 0 Å². The summed E-state index contributed by atoms with van der Waals surface area (Å²) in [6, 6.07) is 12.4. The Kier molecular flexibility index (Phi) is 5.10. The second-order valence-corrected chi connectivity index (χ2v) is 5.46. The van der Waals surface area contributed by atoms with Crippen molar-refractivity contribution < 1.29 is 4.79 Å². The average molecular weight is 323 g/mol. The van der Waals surface area contributed by atoms with E-state index >= 15 is 0 Å². The van der Waals surface area contributed by atoms with Crippen LogP contribution < -0.4 is 5.73 Å². The second-order valence-electron chi connectivity index (χ2n) is 4.65. The van der Waals surface area contributed by atoms with Gasteiger partial charge in [0.2, 0.25) is 0 Å². The van der Waals surface area contributed by atoms with Crippen molar-refractivity contribution in [1.29, 1.82) is 0 Å². The Balaban J connectivity index is 2.25. The summed E-state index contributed by atoms with van der Waals surface area (Å²) in [6.07, 6.45) is 0. The third-order valence-electron chi connectivity index (χ3n) is 3.21. The molecule has 0 unspecified atom stereocenters. The van der Waals surface area contributed by atoms with Crippen molar-refractivity contribution in [2.45, 2.75) is 13.5 Å². The highest BCUT2D eigenvalue weighted by molar-refractivity contribution is 6.34. The molecule has 0 fully saturated rings. The maximum absolute atomic E-state index is 12.6. The smallest absolute Gasteiger partial charge is 0.255 e. The Bertz CT molecular complexity index is 658. The summed E-state index contributed by atoms with van der Waals surface area (Å²) in [6.45, 7) is 2.92. The van der Waals surface area contributed by atoms with Crippen molar-refractivity contribution in [2.75, 3.05) is 12.3 Å². The lowest BCUT2D eigenvalue weighted by Crippen LogP contribution is -2.30. The summed E-state index contributed by atoms with van der Waals surface area (Å²) in [4.78, 5) is 14.3. The fraction of sp³-hybridized carbons (Fsp3) is 0.188. The van der Waals surface area contributed by atoms with Gasteiger partial charge in [-0.05, 0) is 36.8 Å². The van der Waals surface area contributed by atoms with Crippen LogP contribution >= 0.6 is 23.2 Å². The molecule has 2 aromatic rings. The Morgan fingerprint density at radius 3 is 2.48 bits per heavy atom. The minimum atomic E-state index is -0.137. The lowest BCUT2D eigenvalue weighted by atomic mass is 10.1. The lowest BCUT2D eigenvalue weighted by molar-refractivity contribution is 0.0753. The quantitative estimate of drug-likeness (QED) is 0.856. The standard InChI is InChI=1S/C16H16Cl2N2O/c1-2-20(10-11-5-3-4-6-14(11)17)16(21)13-8-7-12(19)9-15(13)18/h3-9H,2,10,19H2,1H3. The summed E-state index contributed by atoms with van der Waals surface area (Å²) >= 11 is 12.3. The predicted molar refractivity (Wildman–Crippen MR) is 87.7 cm³/mol. The summed E-state index contributed by atoms with van der Waals surface area (Å²) in [5.41, 5.74) is 7.53. The van der Waals surface area contributed by atoms with Crippen LogP contribution in [0.1, 0.15) is 22.8 Å². The predicted octanol–water partition coefficient (Wildman–Crippen LogP) is 4.24. The number of nitrogens with two attached hydrogens (primary N) is 1. The minimum Gasteiger partial charge on any atom is -0.399 e. The van der Waals surface area contributed by atoms with E-state index in [9.17, 15) is 4.79 Å². The van der Waals surface area contributed by atoms with Crippen molar-refractivity contribution in [3.8, 4) is 0 Å². The van der Waals surface area contributed by atoms with Crippen molar-refractivity contribution in [2.24, 2.45) is 0 Å². The van der Waals surface area contributed by atoms with E-state index in [0.29, 0.717) is 34.4 Å². The maximum Gasteiger partial charge on any atom is 0.255 e. The summed E-state index contributed by atoms with van der Waals surface area (Å²) in [7, 11) is 0. The van der Waals surface area contributed by atoms with Crippen LogP contribution in [0.5, 0.6) is 0 Å². The third-order valence-corrected chi connectivity index (χ3v) is 3.89. The van der Waals surface area contributed by atoms with Gasteiger partial charge in [0, 0.05) is 23.8 Å². The first-order valence-corrected chi connectivity index (χ1v) is 7.36. The maximum atomic E-state index is 12.6. The van der Waals surface area contributed by atoms with Crippen molar-refractivity contribution in [1.82, 2.24) is 4.90 Å². The Morgan fingerprint density at radius 1 is 1.14 bits per heavy atom. The highest BCUT2D eigenvalue weighted by atomic mass is 35.5. The zero-order valence-electron chi connectivity index (χ0n) is 11.6. The molecule has 2 aromatic carbocycles. The first-order valence-electron chi connectivity index (χ1n) is 6.60. The Hall–Kier alpha value is -1.71. The van der Waals surface area contributed by atoms with Gasteiger partial charge in [-0.3, -0.25) is 4.79 Å². The van der Waals surface area contributed by atoms with E-state index in [0.717, 1.165) is 5.56 Å². The summed E-state index contributed by atoms with van der Waals surface area (Å²) < 4.78 is 0. The van der Waals surface area contributed by atoms with Gasteiger partial charge in [-0.1, -0.05) is 41.4 Å². The lowest BCUT2D eigenvalue weighted by Gasteiger charge is -2.22. The van der Waals surface area contributed by atoms with E-state index in [1.807, 2.05) is 31.2 Å². The van der Waals surface area contributed by atoms with Gasteiger partial charge in [0.25, 0.3) is 5.91 Å². The monoisotopic (exact) mass is 322 g/mol. The van der Waals surface area contributed by atoms with Gasteiger partial charge < -0.3 is 10.6 Å². The molecule has 0 aliphatic heterocycles. The molecule has 2 rings (SSSR count). The number of carbonyl (C=O) groups is 1. The van der Waals surface area contributed by atoms with Gasteiger partial charge in [-0.25, -0.2) is 0 Å².